The lowest BCUT2D eigenvalue weighted by atomic mass is 9.81. The molecule has 5 rings (SSSR count). The molecule has 146 valence electrons. The number of carbonyl (C=O) groups is 1. The fourth-order valence-electron chi connectivity index (χ4n) is 4.26. The summed E-state index contributed by atoms with van der Waals surface area (Å²) in [6.07, 6.45) is 1.38. The van der Waals surface area contributed by atoms with Crippen LogP contribution in [0.5, 0.6) is 5.75 Å². The maximum Gasteiger partial charge on any atom is 0.163 e. The Bertz CT molecular complexity index is 1070. The fourth-order valence-corrected chi connectivity index (χ4v) is 5.09. The van der Waals surface area contributed by atoms with E-state index < -0.39 is 0 Å². The van der Waals surface area contributed by atoms with E-state index >= 15 is 0 Å². The molecule has 0 saturated heterocycles. The Labute approximate surface area is 174 Å². The van der Waals surface area contributed by atoms with Crippen LogP contribution in [0, 0.1) is 0 Å². The molecule has 1 aliphatic carbocycles. The molecule has 1 aromatic heterocycles. The van der Waals surface area contributed by atoms with Gasteiger partial charge in [0.25, 0.3) is 0 Å². The first-order chi connectivity index (χ1) is 14.2. The van der Waals surface area contributed by atoms with Crippen LogP contribution in [0.15, 0.2) is 77.3 Å². The highest BCUT2D eigenvalue weighted by Crippen LogP contribution is 2.44. The average Bonchev–Trinajstić information content (AvgIpc) is 3.23. The van der Waals surface area contributed by atoms with E-state index in [2.05, 4.69) is 40.3 Å². The van der Waals surface area contributed by atoms with Gasteiger partial charge in [-0.15, -0.1) is 11.3 Å². The number of methoxy groups -OCH3 is 1. The van der Waals surface area contributed by atoms with Gasteiger partial charge in [-0.2, -0.15) is 0 Å². The molecule has 1 aliphatic heterocycles. The van der Waals surface area contributed by atoms with E-state index in [0.29, 0.717) is 6.42 Å². The van der Waals surface area contributed by atoms with Gasteiger partial charge in [-0.05, 0) is 47.7 Å². The maximum atomic E-state index is 13.4. The van der Waals surface area contributed by atoms with Crippen molar-refractivity contribution in [1.82, 2.24) is 0 Å². The summed E-state index contributed by atoms with van der Waals surface area (Å²) in [5.74, 6) is 1.25. The first-order valence-corrected chi connectivity index (χ1v) is 10.7. The average molecular weight is 403 g/mol. The minimum absolute atomic E-state index is 0.191. The number of anilines is 2. The van der Waals surface area contributed by atoms with Gasteiger partial charge < -0.3 is 15.4 Å². The van der Waals surface area contributed by atoms with Crippen molar-refractivity contribution in [2.45, 2.75) is 24.8 Å². The fraction of sp³-hybridized carbons (Fsp3) is 0.208. The Hall–Kier alpha value is -3.05. The molecule has 0 fully saturated rings. The maximum absolute atomic E-state index is 13.4. The molecular formula is C24H22N2O2S. The van der Waals surface area contributed by atoms with Gasteiger partial charge in [-0.25, -0.2) is 0 Å². The first-order valence-electron chi connectivity index (χ1n) is 9.79. The Morgan fingerprint density at radius 1 is 0.966 bits per heavy atom. The summed E-state index contributed by atoms with van der Waals surface area (Å²) in [5, 5.41) is 9.28. The van der Waals surface area contributed by atoms with E-state index in [4.69, 9.17) is 4.74 Å². The highest BCUT2D eigenvalue weighted by atomic mass is 32.1. The monoisotopic (exact) mass is 402 g/mol. The number of para-hydroxylation sites is 2. The number of carbonyl (C=O) groups excluding carboxylic acids is 1. The van der Waals surface area contributed by atoms with Crippen molar-refractivity contribution in [3.05, 3.63) is 87.8 Å². The lowest BCUT2D eigenvalue weighted by Crippen LogP contribution is -2.26. The normalized spacial score (nSPS) is 20.8. The highest BCUT2D eigenvalue weighted by molar-refractivity contribution is 7.10. The Balaban J connectivity index is 1.60. The minimum Gasteiger partial charge on any atom is -0.497 e. The molecule has 0 amide bonds. The van der Waals surface area contributed by atoms with Gasteiger partial charge in [0, 0.05) is 28.5 Å². The molecule has 2 atom stereocenters. The van der Waals surface area contributed by atoms with Gasteiger partial charge in [-0.1, -0.05) is 30.3 Å². The van der Waals surface area contributed by atoms with Gasteiger partial charge in [0.15, 0.2) is 5.78 Å². The van der Waals surface area contributed by atoms with E-state index in [0.717, 1.165) is 40.4 Å². The highest BCUT2D eigenvalue weighted by Gasteiger charge is 2.36. The van der Waals surface area contributed by atoms with Gasteiger partial charge in [0.05, 0.1) is 24.5 Å². The van der Waals surface area contributed by atoms with E-state index in [1.807, 2.05) is 36.4 Å². The van der Waals surface area contributed by atoms with Crippen molar-refractivity contribution in [2.75, 3.05) is 17.7 Å². The van der Waals surface area contributed by atoms with Crippen LogP contribution >= 0.6 is 11.3 Å². The standard InChI is InChI=1S/C24H22N2O2S/c1-28-17-10-8-15(9-11-17)24-23-20(25-18-5-2-3-6-19(18)26-24)13-16(14-21(23)27)22-7-4-12-29-22/h2-12,16,24-26H,13-14H2,1H3/t16-,24+/m0/s1. The molecule has 2 N–H and O–H groups in total. The molecule has 0 saturated carbocycles. The Morgan fingerprint density at radius 2 is 1.76 bits per heavy atom. The van der Waals surface area contributed by atoms with Gasteiger partial charge in [0.1, 0.15) is 5.75 Å². The molecule has 4 nitrogen and oxygen atoms in total. The molecule has 3 aromatic rings. The van der Waals surface area contributed by atoms with Crippen LogP contribution in [0.2, 0.25) is 0 Å². The number of nitrogens with one attached hydrogen (secondary N) is 2. The van der Waals surface area contributed by atoms with Crippen LogP contribution < -0.4 is 15.4 Å². The molecule has 0 spiro atoms. The molecule has 0 radical (unpaired) electrons. The zero-order chi connectivity index (χ0) is 19.8. The van der Waals surface area contributed by atoms with Gasteiger partial charge >= 0.3 is 0 Å². The van der Waals surface area contributed by atoms with Crippen molar-refractivity contribution < 1.29 is 9.53 Å². The van der Waals surface area contributed by atoms with Crippen LogP contribution in [0.25, 0.3) is 0 Å². The summed E-state index contributed by atoms with van der Waals surface area (Å²) < 4.78 is 5.31. The van der Waals surface area contributed by atoms with E-state index in [-0.39, 0.29) is 17.7 Å². The zero-order valence-corrected chi connectivity index (χ0v) is 17.0. The summed E-state index contributed by atoms with van der Waals surface area (Å²) in [6.45, 7) is 0. The van der Waals surface area contributed by atoms with E-state index in [1.54, 1.807) is 18.4 Å². The second-order valence-corrected chi connectivity index (χ2v) is 8.44. The number of ether oxygens (including phenoxy) is 1. The SMILES string of the molecule is COc1ccc([C@H]2Nc3ccccc3NC3=C2C(=O)C[C@@H](c2cccs2)C3)cc1. The smallest absolute Gasteiger partial charge is 0.163 e. The number of fused-ring (bicyclic) bond motifs is 1. The second-order valence-electron chi connectivity index (χ2n) is 7.46. The van der Waals surface area contributed by atoms with Crippen molar-refractivity contribution in [1.29, 1.82) is 0 Å². The summed E-state index contributed by atoms with van der Waals surface area (Å²) in [7, 11) is 1.66. The molecular weight excluding hydrogens is 380 g/mol. The van der Waals surface area contributed by atoms with Crippen LogP contribution in [0.3, 0.4) is 0 Å². The molecule has 29 heavy (non-hydrogen) atoms. The van der Waals surface area contributed by atoms with Crippen LogP contribution in [-0.4, -0.2) is 12.9 Å². The number of allylic oxidation sites excluding steroid dienone is 1. The zero-order valence-electron chi connectivity index (χ0n) is 16.1. The Morgan fingerprint density at radius 3 is 2.48 bits per heavy atom. The largest absolute Gasteiger partial charge is 0.497 e. The Kier molecular flexibility index (Phi) is 4.60. The van der Waals surface area contributed by atoms with Crippen molar-refractivity contribution in [3.63, 3.8) is 0 Å². The molecule has 5 heteroatoms. The lowest BCUT2D eigenvalue weighted by Gasteiger charge is -2.29. The minimum atomic E-state index is -0.191. The summed E-state index contributed by atoms with van der Waals surface area (Å²) >= 11 is 1.73. The molecule has 0 unspecified atom stereocenters. The first kappa shape index (κ1) is 18.0. The van der Waals surface area contributed by atoms with Gasteiger partial charge in [-0.3, -0.25) is 4.79 Å². The number of hydrogen-bond donors (Lipinski definition) is 2. The van der Waals surface area contributed by atoms with Crippen molar-refractivity contribution >= 4 is 28.5 Å². The topological polar surface area (TPSA) is 50.4 Å². The predicted octanol–water partition coefficient (Wildman–Crippen LogP) is 5.74. The summed E-state index contributed by atoms with van der Waals surface area (Å²) in [5.41, 5.74) is 4.94. The van der Waals surface area contributed by atoms with E-state index in [1.165, 1.54) is 4.88 Å². The molecule has 2 aromatic carbocycles. The molecule has 0 bridgehead atoms. The third-order valence-electron chi connectivity index (χ3n) is 5.70. The lowest BCUT2D eigenvalue weighted by molar-refractivity contribution is -0.116. The van der Waals surface area contributed by atoms with Crippen LogP contribution in [0.4, 0.5) is 11.4 Å². The van der Waals surface area contributed by atoms with Crippen molar-refractivity contribution in [3.8, 4) is 5.75 Å². The summed E-state index contributed by atoms with van der Waals surface area (Å²) in [6, 6.07) is 20.1. The van der Waals surface area contributed by atoms with Crippen LogP contribution in [-0.2, 0) is 4.79 Å². The third-order valence-corrected chi connectivity index (χ3v) is 6.74. The number of benzene rings is 2. The quantitative estimate of drug-likeness (QED) is 0.587. The van der Waals surface area contributed by atoms with Gasteiger partial charge in [0.2, 0.25) is 0 Å². The molecule has 2 heterocycles. The number of ketones is 1. The number of thiophene rings is 1. The predicted molar refractivity (Wildman–Crippen MR) is 118 cm³/mol. The van der Waals surface area contributed by atoms with Crippen LogP contribution in [0.1, 0.15) is 35.2 Å². The number of Topliss-reactive ketones (excluding diaryl/α,β-unsaturated/α-hetero) is 1. The number of rotatable bonds is 3. The second kappa shape index (κ2) is 7.41. The van der Waals surface area contributed by atoms with E-state index in [9.17, 15) is 4.79 Å². The van der Waals surface area contributed by atoms with Crippen molar-refractivity contribution in [2.24, 2.45) is 0 Å². The summed E-state index contributed by atoms with van der Waals surface area (Å²) in [4.78, 5) is 14.7. The third kappa shape index (κ3) is 3.32. The number of hydrogen-bond acceptors (Lipinski definition) is 5. The molecule has 2 aliphatic rings.